The van der Waals surface area contributed by atoms with Crippen LogP contribution in [0.15, 0.2) is 47.4 Å². The van der Waals surface area contributed by atoms with Crippen LogP contribution in [-0.4, -0.2) is 64.2 Å². The number of rotatable bonds is 14. The number of fused-ring (bicyclic) bond motifs is 1. The maximum atomic E-state index is 13.8. The lowest BCUT2D eigenvalue weighted by Gasteiger charge is -2.26. The van der Waals surface area contributed by atoms with E-state index in [9.17, 15) is 4.79 Å². The van der Waals surface area contributed by atoms with Crippen molar-refractivity contribution in [2.45, 2.75) is 77.7 Å². The molecule has 0 aliphatic carbocycles. The van der Waals surface area contributed by atoms with Crippen LogP contribution in [0, 0.1) is 11.8 Å². The van der Waals surface area contributed by atoms with Gasteiger partial charge in [0.15, 0.2) is 0 Å². The molecular weight excluding hydrogens is 514 g/mol. The van der Waals surface area contributed by atoms with Gasteiger partial charge in [-0.3, -0.25) is 4.79 Å². The molecule has 1 aliphatic heterocycles. The zero-order chi connectivity index (χ0) is 28.5. The summed E-state index contributed by atoms with van der Waals surface area (Å²) in [6.07, 6.45) is 9.15. The molecule has 6 nitrogen and oxygen atoms in total. The molecule has 1 N–H and O–H groups in total. The first-order chi connectivity index (χ1) is 19.3. The van der Waals surface area contributed by atoms with Crippen LogP contribution in [0.2, 0.25) is 0 Å². The molecule has 2 heterocycles. The lowest BCUT2D eigenvalue weighted by atomic mass is 10.1. The van der Waals surface area contributed by atoms with Crippen molar-refractivity contribution in [2.75, 3.05) is 44.3 Å². The molecule has 218 valence electrons. The smallest absolute Gasteiger partial charge is 0.253 e. The lowest BCUT2D eigenvalue weighted by Crippen LogP contribution is -2.34. The highest BCUT2D eigenvalue weighted by atomic mass is 32.2. The van der Waals surface area contributed by atoms with Crippen molar-refractivity contribution in [1.29, 1.82) is 0 Å². The van der Waals surface area contributed by atoms with Crippen molar-refractivity contribution in [3.63, 3.8) is 0 Å². The minimum atomic E-state index is 0.131. The van der Waals surface area contributed by atoms with Crippen LogP contribution in [-0.2, 0) is 6.54 Å². The normalized spacial score (nSPS) is 14.4. The topological polar surface area (TPSA) is 53.4 Å². The Morgan fingerprint density at radius 1 is 0.950 bits per heavy atom. The van der Waals surface area contributed by atoms with E-state index in [4.69, 9.17) is 4.98 Å². The number of likely N-dealkylation sites (tertiary alicyclic amines) is 1. The number of aromatic nitrogens is 2. The first kappa shape index (κ1) is 30.4. The van der Waals surface area contributed by atoms with Gasteiger partial charge in [0.05, 0.1) is 11.0 Å². The summed E-state index contributed by atoms with van der Waals surface area (Å²) in [6, 6.07) is 14.6. The number of benzene rings is 2. The maximum Gasteiger partial charge on any atom is 0.253 e. The fraction of sp³-hybridized carbons (Fsp3) is 0.576. The van der Waals surface area contributed by atoms with Gasteiger partial charge >= 0.3 is 0 Å². The second kappa shape index (κ2) is 14.9. The summed E-state index contributed by atoms with van der Waals surface area (Å²) < 4.78 is 2.28. The molecule has 1 aromatic heterocycles. The Labute approximate surface area is 245 Å². The molecule has 40 heavy (non-hydrogen) atoms. The number of carbonyl (C=O) groups is 1. The summed E-state index contributed by atoms with van der Waals surface area (Å²) in [5, 5.41) is 3.57. The van der Waals surface area contributed by atoms with E-state index in [0.29, 0.717) is 11.8 Å². The zero-order valence-electron chi connectivity index (χ0n) is 25.3. The van der Waals surface area contributed by atoms with Crippen molar-refractivity contribution < 1.29 is 4.79 Å². The van der Waals surface area contributed by atoms with Gasteiger partial charge in [-0.2, -0.15) is 0 Å². The van der Waals surface area contributed by atoms with Crippen LogP contribution in [0.5, 0.6) is 0 Å². The van der Waals surface area contributed by atoms with E-state index in [-0.39, 0.29) is 5.91 Å². The number of hydrogen-bond donors (Lipinski definition) is 1. The second-order valence-electron chi connectivity index (χ2n) is 12.1. The average Bonchev–Trinajstić information content (AvgIpc) is 3.29. The predicted molar refractivity (Wildman–Crippen MR) is 171 cm³/mol. The third-order valence-electron chi connectivity index (χ3n) is 7.89. The van der Waals surface area contributed by atoms with Crippen molar-refractivity contribution in [3.05, 3.63) is 48.0 Å². The third-order valence-corrected chi connectivity index (χ3v) is 8.63. The Balaban J connectivity index is 1.61. The number of piperidine rings is 1. The van der Waals surface area contributed by atoms with Crippen LogP contribution in [0.4, 0.5) is 11.6 Å². The first-order valence-electron chi connectivity index (χ1n) is 15.3. The molecule has 2 aromatic carbocycles. The molecule has 3 aromatic rings. The predicted octanol–water partition coefficient (Wildman–Crippen LogP) is 7.91. The van der Waals surface area contributed by atoms with Gasteiger partial charge in [-0.25, -0.2) is 4.98 Å². The summed E-state index contributed by atoms with van der Waals surface area (Å²) in [4.78, 5) is 24.7. The van der Waals surface area contributed by atoms with E-state index >= 15 is 0 Å². The molecule has 1 fully saturated rings. The monoisotopic (exact) mass is 563 g/mol. The van der Waals surface area contributed by atoms with E-state index in [0.717, 1.165) is 73.7 Å². The van der Waals surface area contributed by atoms with Gasteiger partial charge in [-0.05, 0) is 112 Å². The van der Waals surface area contributed by atoms with Crippen LogP contribution < -0.4 is 5.32 Å². The van der Waals surface area contributed by atoms with Gasteiger partial charge in [0.25, 0.3) is 5.91 Å². The molecule has 0 spiro atoms. The van der Waals surface area contributed by atoms with Gasteiger partial charge in [0.2, 0.25) is 5.95 Å². The lowest BCUT2D eigenvalue weighted by molar-refractivity contribution is 0.0741. The van der Waals surface area contributed by atoms with E-state index in [2.05, 4.69) is 84.0 Å². The molecule has 0 atom stereocenters. The number of aryl methyl sites for hydroxylation is 1. The van der Waals surface area contributed by atoms with Crippen LogP contribution in [0.1, 0.15) is 76.6 Å². The standard InChI is InChI=1S/C33H49N5OS/c1-25(2)16-22-37(23-17-26(3)4)32(39)27-10-15-30-31(24-27)38(21-9-20-36-18-7-6-8-19-36)33(35-30)34-28-11-13-29(40-5)14-12-28/h10-15,24-26H,6-9,16-23H2,1-5H3,(H,34,35). The Morgan fingerprint density at radius 3 is 2.25 bits per heavy atom. The summed E-state index contributed by atoms with van der Waals surface area (Å²) in [5.74, 6) is 2.10. The summed E-state index contributed by atoms with van der Waals surface area (Å²) in [5.41, 5.74) is 3.73. The average molecular weight is 564 g/mol. The molecule has 0 bridgehead atoms. The van der Waals surface area contributed by atoms with Crippen LogP contribution in [0.25, 0.3) is 11.0 Å². The fourth-order valence-corrected chi connectivity index (χ4v) is 5.75. The Kier molecular flexibility index (Phi) is 11.4. The fourth-order valence-electron chi connectivity index (χ4n) is 5.34. The summed E-state index contributed by atoms with van der Waals surface area (Å²) >= 11 is 1.74. The van der Waals surface area contributed by atoms with Crippen molar-refractivity contribution in [1.82, 2.24) is 19.4 Å². The van der Waals surface area contributed by atoms with Crippen molar-refractivity contribution in [2.24, 2.45) is 11.8 Å². The van der Waals surface area contributed by atoms with Crippen LogP contribution >= 0.6 is 11.8 Å². The van der Waals surface area contributed by atoms with Gasteiger partial charge in [0.1, 0.15) is 0 Å². The number of nitrogens with zero attached hydrogens (tertiary/aromatic N) is 4. The van der Waals surface area contributed by atoms with E-state index in [1.54, 1.807) is 11.8 Å². The van der Waals surface area contributed by atoms with Crippen molar-refractivity contribution >= 4 is 40.3 Å². The summed E-state index contributed by atoms with van der Waals surface area (Å²) in [6.45, 7) is 14.9. The number of amides is 1. The number of nitrogens with one attached hydrogen (secondary N) is 1. The Morgan fingerprint density at radius 2 is 1.62 bits per heavy atom. The van der Waals surface area contributed by atoms with Crippen LogP contribution in [0.3, 0.4) is 0 Å². The Bertz CT molecular complexity index is 1200. The minimum Gasteiger partial charge on any atom is -0.339 e. The van der Waals surface area contributed by atoms with Crippen molar-refractivity contribution in [3.8, 4) is 0 Å². The second-order valence-corrected chi connectivity index (χ2v) is 12.9. The quantitative estimate of drug-likeness (QED) is 0.202. The number of hydrogen-bond acceptors (Lipinski definition) is 5. The maximum absolute atomic E-state index is 13.8. The molecule has 7 heteroatoms. The number of thioether (sulfide) groups is 1. The number of imidazole rings is 1. The zero-order valence-corrected chi connectivity index (χ0v) is 26.1. The molecule has 0 radical (unpaired) electrons. The van der Waals surface area contributed by atoms with Gasteiger partial charge < -0.3 is 19.7 Å². The highest BCUT2D eigenvalue weighted by Gasteiger charge is 2.20. The summed E-state index contributed by atoms with van der Waals surface area (Å²) in [7, 11) is 0. The minimum absolute atomic E-state index is 0.131. The highest BCUT2D eigenvalue weighted by Crippen LogP contribution is 2.27. The van der Waals surface area contributed by atoms with Gasteiger partial charge in [-0.15, -0.1) is 11.8 Å². The van der Waals surface area contributed by atoms with E-state index in [1.165, 1.54) is 37.2 Å². The van der Waals surface area contributed by atoms with Gasteiger partial charge in [0, 0.05) is 35.8 Å². The first-order valence-corrected chi connectivity index (χ1v) is 16.5. The largest absolute Gasteiger partial charge is 0.339 e. The Hall–Kier alpha value is -2.51. The third kappa shape index (κ3) is 8.50. The van der Waals surface area contributed by atoms with Gasteiger partial charge in [-0.1, -0.05) is 34.1 Å². The molecule has 0 saturated carbocycles. The molecule has 1 amide bonds. The molecule has 1 aliphatic rings. The highest BCUT2D eigenvalue weighted by molar-refractivity contribution is 7.98. The van der Waals surface area contributed by atoms with E-state index in [1.807, 2.05) is 12.1 Å². The molecule has 1 saturated heterocycles. The number of carbonyl (C=O) groups excluding carboxylic acids is 1. The number of anilines is 2. The molecule has 4 rings (SSSR count). The molecule has 0 unspecified atom stereocenters. The molecular formula is C33H49N5OS. The van der Waals surface area contributed by atoms with E-state index < -0.39 is 0 Å². The SMILES string of the molecule is CSc1ccc(Nc2nc3ccc(C(=O)N(CCC(C)C)CCC(C)C)cc3n2CCCN2CCCCC2)cc1.